The second-order valence-corrected chi connectivity index (χ2v) is 7.83. The molecule has 0 aliphatic rings. The molecule has 0 aliphatic heterocycles. The number of aromatic amines is 1. The zero-order valence-electron chi connectivity index (χ0n) is 16.4. The second-order valence-electron chi connectivity index (χ2n) is 6.99. The van der Waals surface area contributed by atoms with Crippen molar-refractivity contribution in [2.45, 2.75) is 6.42 Å². The maximum absolute atomic E-state index is 12.8. The fourth-order valence-electron chi connectivity index (χ4n) is 3.59. The van der Waals surface area contributed by atoms with E-state index in [0.29, 0.717) is 12.2 Å². The molecule has 0 radical (unpaired) electrons. The van der Waals surface area contributed by atoms with Crippen molar-refractivity contribution in [3.05, 3.63) is 77.6 Å². The van der Waals surface area contributed by atoms with Crippen LogP contribution in [0.3, 0.4) is 0 Å². The number of H-pyrrole nitrogens is 1. The molecule has 2 aromatic carbocycles. The second kappa shape index (κ2) is 7.68. The van der Waals surface area contributed by atoms with Crippen LogP contribution in [0.25, 0.3) is 27.1 Å². The van der Waals surface area contributed by atoms with E-state index in [2.05, 4.69) is 27.4 Å². The SMILES string of the molecule is COc1ccc(-c2cn3c(C(=O)NCCc4c[nH]c5ccccc45)csc3n2)cc1. The van der Waals surface area contributed by atoms with Crippen LogP contribution in [0.5, 0.6) is 5.75 Å². The van der Waals surface area contributed by atoms with Gasteiger partial charge >= 0.3 is 0 Å². The highest BCUT2D eigenvalue weighted by molar-refractivity contribution is 7.15. The molecule has 1 amide bonds. The van der Waals surface area contributed by atoms with Gasteiger partial charge in [0, 0.05) is 40.8 Å². The van der Waals surface area contributed by atoms with Crippen LogP contribution >= 0.6 is 11.3 Å². The quantitative estimate of drug-likeness (QED) is 0.427. The molecule has 150 valence electrons. The largest absolute Gasteiger partial charge is 0.497 e. The summed E-state index contributed by atoms with van der Waals surface area (Å²) in [7, 11) is 1.64. The van der Waals surface area contributed by atoms with Crippen LogP contribution in [-0.2, 0) is 6.42 Å². The summed E-state index contributed by atoms with van der Waals surface area (Å²) in [4.78, 5) is 21.5. The molecule has 7 heteroatoms. The third-order valence-electron chi connectivity index (χ3n) is 5.18. The number of ether oxygens (including phenoxy) is 1. The summed E-state index contributed by atoms with van der Waals surface area (Å²) in [6.45, 7) is 0.568. The number of amides is 1. The topological polar surface area (TPSA) is 71.4 Å². The molecule has 0 unspecified atom stereocenters. The van der Waals surface area contributed by atoms with E-state index in [9.17, 15) is 4.79 Å². The van der Waals surface area contributed by atoms with Crippen LogP contribution < -0.4 is 10.1 Å². The van der Waals surface area contributed by atoms with Crippen molar-refractivity contribution in [3.8, 4) is 17.0 Å². The van der Waals surface area contributed by atoms with E-state index in [-0.39, 0.29) is 5.91 Å². The van der Waals surface area contributed by atoms with Gasteiger partial charge in [-0.05, 0) is 42.3 Å². The Kier molecular flexibility index (Phi) is 4.72. The number of aromatic nitrogens is 3. The zero-order valence-corrected chi connectivity index (χ0v) is 17.2. The maximum Gasteiger partial charge on any atom is 0.269 e. The predicted octanol–water partition coefficient (Wildman–Crippen LogP) is 4.53. The van der Waals surface area contributed by atoms with Crippen molar-refractivity contribution in [1.29, 1.82) is 0 Å². The number of rotatable bonds is 6. The Morgan fingerprint density at radius 2 is 2.03 bits per heavy atom. The van der Waals surface area contributed by atoms with E-state index in [0.717, 1.165) is 33.9 Å². The summed E-state index contributed by atoms with van der Waals surface area (Å²) in [5.41, 5.74) is 4.73. The van der Waals surface area contributed by atoms with E-state index in [1.165, 1.54) is 22.3 Å². The molecule has 3 aromatic heterocycles. The van der Waals surface area contributed by atoms with Gasteiger partial charge in [0.15, 0.2) is 4.96 Å². The summed E-state index contributed by atoms with van der Waals surface area (Å²) in [6.07, 6.45) is 4.68. The van der Waals surface area contributed by atoms with Crippen molar-refractivity contribution < 1.29 is 9.53 Å². The lowest BCUT2D eigenvalue weighted by Gasteiger charge is -2.04. The van der Waals surface area contributed by atoms with Gasteiger partial charge in [-0.3, -0.25) is 9.20 Å². The monoisotopic (exact) mass is 416 g/mol. The molecule has 0 bridgehead atoms. The standard InChI is InChI=1S/C23H20N4O2S/c1-29-17-8-6-15(7-9-17)20-13-27-21(14-30-23(27)26-20)22(28)24-11-10-16-12-25-19-5-3-2-4-18(16)19/h2-9,12-14,25H,10-11H2,1H3,(H,24,28). The molecule has 0 atom stereocenters. The molecule has 0 saturated heterocycles. The Hall–Kier alpha value is -3.58. The van der Waals surface area contributed by atoms with Gasteiger partial charge in [-0.2, -0.15) is 0 Å². The number of nitrogens with one attached hydrogen (secondary N) is 2. The number of thiazole rings is 1. The minimum Gasteiger partial charge on any atom is -0.497 e. The maximum atomic E-state index is 12.8. The van der Waals surface area contributed by atoms with Crippen LogP contribution in [0.1, 0.15) is 16.1 Å². The predicted molar refractivity (Wildman–Crippen MR) is 119 cm³/mol. The number of imidazole rings is 1. The Balaban J connectivity index is 1.30. The number of benzene rings is 2. The minimum atomic E-state index is -0.0974. The van der Waals surface area contributed by atoms with Gasteiger partial charge in [-0.25, -0.2) is 4.98 Å². The number of para-hydroxylation sites is 1. The number of hydrogen-bond acceptors (Lipinski definition) is 4. The van der Waals surface area contributed by atoms with Crippen LogP contribution in [0.4, 0.5) is 0 Å². The highest BCUT2D eigenvalue weighted by Gasteiger charge is 2.15. The fourth-order valence-corrected chi connectivity index (χ4v) is 4.44. The van der Waals surface area contributed by atoms with Gasteiger partial charge in [0.1, 0.15) is 11.4 Å². The number of fused-ring (bicyclic) bond motifs is 2. The first-order valence-corrected chi connectivity index (χ1v) is 10.5. The molecule has 30 heavy (non-hydrogen) atoms. The first kappa shape index (κ1) is 18.4. The smallest absolute Gasteiger partial charge is 0.269 e. The minimum absolute atomic E-state index is 0.0974. The Bertz CT molecular complexity index is 1330. The van der Waals surface area contributed by atoms with Crippen LogP contribution in [0.15, 0.2) is 66.3 Å². The molecule has 2 N–H and O–H groups in total. The summed E-state index contributed by atoms with van der Waals surface area (Å²) in [6, 6.07) is 15.9. The van der Waals surface area contributed by atoms with Crippen LogP contribution in [0, 0.1) is 0 Å². The molecule has 0 saturated carbocycles. The first-order chi connectivity index (χ1) is 14.7. The Morgan fingerprint density at radius 3 is 2.87 bits per heavy atom. The van der Waals surface area contributed by atoms with Gasteiger partial charge in [0.05, 0.1) is 12.8 Å². The third kappa shape index (κ3) is 3.33. The van der Waals surface area contributed by atoms with Gasteiger partial charge < -0.3 is 15.0 Å². The van der Waals surface area contributed by atoms with Gasteiger partial charge in [0.2, 0.25) is 0 Å². The summed E-state index contributed by atoms with van der Waals surface area (Å²) in [5.74, 6) is 0.704. The zero-order chi connectivity index (χ0) is 20.5. The number of methoxy groups -OCH3 is 1. The van der Waals surface area contributed by atoms with Crippen molar-refractivity contribution in [2.24, 2.45) is 0 Å². The fraction of sp³-hybridized carbons (Fsp3) is 0.130. The van der Waals surface area contributed by atoms with Gasteiger partial charge in [-0.15, -0.1) is 11.3 Å². The average Bonchev–Trinajstić information content (AvgIpc) is 3.48. The lowest BCUT2D eigenvalue weighted by molar-refractivity contribution is 0.0948. The first-order valence-electron chi connectivity index (χ1n) is 9.67. The Labute approximate surface area is 177 Å². The van der Waals surface area contributed by atoms with E-state index in [4.69, 9.17) is 4.74 Å². The summed E-state index contributed by atoms with van der Waals surface area (Å²) >= 11 is 1.46. The van der Waals surface area contributed by atoms with Crippen molar-refractivity contribution in [3.63, 3.8) is 0 Å². The average molecular weight is 417 g/mol. The van der Waals surface area contributed by atoms with E-state index in [1.54, 1.807) is 7.11 Å². The number of carbonyl (C=O) groups excluding carboxylic acids is 1. The van der Waals surface area contributed by atoms with Gasteiger partial charge in [-0.1, -0.05) is 18.2 Å². The molecule has 5 aromatic rings. The number of carbonyl (C=O) groups is 1. The lowest BCUT2D eigenvalue weighted by Crippen LogP contribution is -2.26. The summed E-state index contributed by atoms with van der Waals surface area (Å²) < 4.78 is 7.06. The Morgan fingerprint density at radius 1 is 1.20 bits per heavy atom. The number of nitrogens with zero attached hydrogens (tertiary/aromatic N) is 2. The van der Waals surface area contributed by atoms with Crippen molar-refractivity contribution >= 4 is 33.1 Å². The molecule has 3 heterocycles. The molecule has 0 aliphatic carbocycles. The van der Waals surface area contributed by atoms with E-state index in [1.807, 2.05) is 58.6 Å². The van der Waals surface area contributed by atoms with Crippen molar-refractivity contribution in [2.75, 3.05) is 13.7 Å². The highest BCUT2D eigenvalue weighted by Crippen LogP contribution is 2.25. The van der Waals surface area contributed by atoms with E-state index >= 15 is 0 Å². The van der Waals surface area contributed by atoms with Crippen LogP contribution in [-0.4, -0.2) is 33.9 Å². The normalized spacial score (nSPS) is 11.2. The summed E-state index contributed by atoms with van der Waals surface area (Å²) in [5, 5.41) is 6.08. The molecular formula is C23H20N4O2S. The van der Waals surface area contributed by atoms with Crippen molar-refractivity contribution in [1.82, 2.24) is 19.7 Å². The molecule has 0 fully saturated rings. The molecule has 0 spiro atoms. The lowest BCUT2D eigenvalue weighted by atomic mass is 10.1. The van der Waals surface area contributed by atoms with Crippen LogP contribution in [0.2, 0.25) is 0 Å². The molecular weight excluding hydrogens is 396 g/mol. The number of hydrogen-bond donors (Lipinski definition) is 2. The molecule has 6 nitrogen and oxygen atoms in total. The van der Waals surface area contributed by atoms with Gasteiger partial charge in [0.25, 0.3) is 5.91 Å². The van der Waals surface area contributed by atoms with E-state index < -0.39 is 0 Å². The highest BCUT2D eigenvalue weighted by atomic mass is 32.1. The third-order valence-corrected chi connectivity index (χ3v) is 6.02. The molecule has 5 rings (SSSR count).